The lowest BCUT2D eigenvalue weighted by Gasteiger charge is -2.08. The first kappa shape index (κ1) is 18.2. The lowest BCUT2D eigenvalue weighted by molar-refractivity contribution is 0.559. The molecule has 5 rings (SSSR count). The van der Waals surface area contributed by atoms with Crippen LogP contribution in [0.25, 0.3) is 22.4 Å². The number of aryl methyl sites for hydroxylation is 3. The molecule has 6 heteroatoms. The summed E-state index contributed by atoms with van der Waals surface area (Å²) in [5.74, 6) is 1.49. The number of rotatable bonds is 4. The topological polar surface area (TPSA) is 60.9 Å². The van der Waals surface area contributed by atoms with Crippen molar-refractivity contribution in [3.63, 3.8) is 0 Å². The van der Waals surface area contributed by atoms with E-state index in [2.05, 4.69) is 35.3 Å². The van der Waals surface area contributed by atoms with Crippen LogP contribution in [0.15, 0.2) is 56.8 Å². The van der Waals surface area contributed by atoms with Gasteiger partial charge in [-0.3, -0.25) is 0 Å². The molecule has 0 unspecified atom stereocenters. The maximum atomic E-state index is 12.1. The van der Waals surface area contributed by atoms with Gasteiger partial charge in [-0.15, -0.1) is 10.2 Å². The van der Waals surface area contributed by atoms with Crippen molar-refractivity contribution in [3.8, 4) is 11.4 Å². The van der Waals surface area contributed by atoms with Crippen molar-refractivity contribution < 1.29 is 4.42 Å². The molecule has 2 aromatic carbocycles. The summed E-state index contributed by atoms with van der Waals surface area (Å²) in [4.78, 5) is 12.1. The fourth-order valence-corrected chi connectivity index (χ4v) is 4.96. The molecule has 0 aliphatic heterocycles. The van der Waals surface area contributed by atoms with E-state index in [1.54, 1.807) is 17.8 Å². The summed E-state index contributed by atoms with van der Waals surface area (Å²) in [6.07, 6.45) is 3.33. The molecule has 0 fully saturated rings. The number of hydrogen-bond donors (Lipinski definition) is 0. The van der Waals surface area contributed by atoms with E-state index in [-0.39, 0.29) is 5.63 Å². The summed E-state index contributed by atoms with van der Waals surface area (Å²) in [6.45, 7) is 2.07. The highest BCUT2D eigenvalue weighted by atomic mass is 32.2. The number of benzene rings is 2. The molecule has 0 N–H and O–H groups in total. The average Bonchev–Trinajstić information content (AvgIpc) is 3.31. The summed E-state index contributed by atoms with van der Waals surface area (Å²) in [5.41, 5.74) is 6.30. The van der Waals surface area contributed by atoms with Gasteiger partial charge in [0.25, 0.3) is 0 Å². The molecule has 0 atom stereocenters. The Kier molecular flexibility index (Phi) is 4.51. The quantitative estimate of drug-likeness (QED) is 0.366. The highest BCUT2D eigenvalue weighted by Crippen LogP contribution is 2.32. The van der Waals surface area contributed by atoms with Crippen LogP contribution < -0.4 is 5.63 Å². The molecule has 4 aromatic rings. The van der Waals surface area contributed by atoms with Crippen LogP contribution in [0.2, 0.25) is 0 Å². The molecule has 0 spiro atoms. The van der Waals surface area contributed by atoms with Gasteiger partial charge >= 0.3 is 5.63 Å². The molecule has 0 saturated heterocycles. The van der Waals surface area contributed by atoms with Gasteiger partial charge in [0, 0.05) is 29.8 Å². The molecule has 0 radical (unpaired) electrons. The third-order valence-electron chi connectivity index (χ3n) is 5.62. The van der Waals surface area contributed by atoms with Crippen LogP contribution in [0.1, 0.15) is 28.7 Å². The molecule has 1 aliphatic carbocycles. The Morgan fingerprint density at radius 1 is 1.10 bits per heavy atom. The number of nitrogens with zero attached hydrogens (tertiary/aromatic N) is 3. The van der Waals surface area contributed by atoms with Gasteiger partial charge in [0.1, 0.15) is 5.58 Å². The maximum absolute atomic E-state index is 12.1. The van der Waals surface area contributed by atoms with Crippen LogP contribution in [0.5, 0.6) is 0 Å². The smallest absolute Gasteiger partial charge is 0.336 e. The lowest BCUT2D eigenvalue weighted by atomic mass is 10.0. The van der Waals surface area contributed by atoms with E-state index < -0.39 is 0 Å². The normalized spacial score (nSPS) is 13.2. The van der Waals surface area contributed by atoms with Crippen molar-refractivity contribution in [2.45, 2.75) is 37.1 Å². The highest BCUT2D eigenvalue weighted by Gasteiger charge is 2.17. The molecular weight excluding hydrogens is 382 g/mol. The Morgan fingerprint density at radius 3 is 2.72 bits per heavy atom. The van der Waals surface area contributed by atoms with Crippen LogP contribution >= 0.6 is 11.8 Å². The van der Waals surface area contributed by atoms with Crippen molar-refractivity contribution in [2.75, 3.05) is 0 Å². The average molecular weight is 404 g/mol. The zero-order valence-electron chi connectivity index (χ0n) is 16.4. The first-order valence-electron chi connectivity index (χ1n) is 9.77. The van der Waals surface area contributed by atoms with Gasteiger partial charge in [0.05, 0.1) is 0 Å². The molecule has 2 heterocycles. The SMILES string of the molecule is Cc1ccccc1-c1nnc(SCc2cc(=O)oc3cc4c(cc23)CCC4)n1C. The second kappa shape index (κ2) is 7.19. The second-order valence-electron chi connectivity index (χ2n) is 7.53. The lowest BCUT2D eigenvalue weighted by Crippen LogP contribution is -2.01. The van der Waals surface area contributed by atoms with Crippen LogP contribution in [-0.2, 0) is 25.6 Å². The van der Waals surface area contributed by atoms with Crippen LogP contribution in [0.4, 0.5) is 0 Å². The maximum Gasteiger partial charge on any atom is 0.336 e. The minimum absolute atomic E-state index is 0.301. The number of aromatic nitrogens is 3. The Labute approximate surface area is 172 Å². The zero-order valence-corrected chi connectivity index (χ0v) is 17.3. The van der Waals surface area contributed by atoms with Gasteiger partial charge in [-0.1, -0.05) is 36.0 Å². The van der Waals surface area contributed by atoms with Crippen molar-refractivity contribution in [1.82, 2.24) is 14.8 Å². The van der Waals surface area contributed by atoms with Gasteiger partial charge in [0.15, 0.2) is 11.0 Å². The minimum atomic E-state index is -0.301. The molecule has 0 bridgehead atoms. The number of thioether (sulfide) groups is 1. The van der Waals surface area contributed by atoms with Gasteiger partial charge in [-0.25, -0.2) is 4.79 Å². The van der Waals surface area contributed by atoms with Crippen LogP contribution in [0, 0.1) is 6.92 Å². The number of fused-ring (bicyclic) bond motifs is 2. The fraction of sp³-hybridized carbons (Fsp3) is 0.261. The summed E-state index contributed by atoms with van der Waals surface area (Å²) in [7, 11) is 1.98. The van der Waals surface area contributed by atoms with Crippen molar-refractivity contribution in [3.05, 3.63) is 75.1 Å². The highest BCUT2D eigenvalue weighted by molar-refractivity contribution is 7.98. The van der Waals surface area contributed by atoms with E-state index in [1.807, 2.05) is 29.8 Å². The Hall–Kier alpha value is -2.86. The zero-order chi connectivity index (χ0) is 20.0. The molecule has 0 amide bonds. The Morgan fingerprint density at radius 2 is 1.90 bits per heavy atom. The predicted octanol–water partition coefficient (Wildman–Crippen LogP) is 4.68. The van der Waals surface area contributed by atoms with Gasteiger partial charge < -0.3 is 8.98 Å². The summed E-state index contributed by atoms with van der Waals surface area (Å²) < 4.78 is 7.49. The Bertz CT molecular complexity index is 1290. The monoisotopic (exact) mass is 403 g/mol. The summed E-state index contributed by atoms with van der Waals surface area (Å²) >= 11 is 1.59. The van der Waals surface area contributed by atoms with Gasteiger partial charge in [-0.05, 0) is 60.6 Å². The minimum Gasteiger partial charge on any atom is -0.423 e. The predicted molar refractivity (Wildman–Crippen MR) is 115 cm³/mol. The van der Waals surface area contributed by atoms with Gasteiger partial charge in [-0.2, -0.15) is 0 Å². The van der Waals surface area contributed by atoms with E-state index in [0.29, 0.717) is 11.3 Å². The fourth-order valence-electron chi connectivity index (χ4n) is 4.06. The van der Waals surface area contributed by atoms with E-state index >= 15 is 0 Å². The van der Waals surface area contributed by atoms with Crippen LogP contribution in [-0.4, -0.2) is 14.8 Å². The largest absolute Gasteiger partial charge is 0.423 e. The second-order valence-corrected chi connectivity index (χ2v) is 8.47. The number of hydrogen-bond acceptors (Lipinski definition) is 5. The molecule has 1 aliphatic rings. The first-order valence-corrected chi connectivity index (χ1v) is 10.8. The first-order chi connectivity index (χ1) is 14.1. The molecule has 146 valence electrons. The molecule has 5 nitrogen and oxygen atoms in total. The summed E-state index contributed by atoms with van der Waals surface area (Å²) in [6, 6.07) is 14.0. The Balaban J connectivity index is 1.47. The molecule has 2 aromatic heterocycles. The molecule has 29 heavy (non-hydrogen) atoms. The van der Waals surface area contributed by atoms with Crippen molar-refractivity contribution >= 4 is 22.7 Å². The summed E-state index contributed by atoms with van der Waals surface area (Å²) in [5, 5.41) is 10.6. The van der Waals surface area contributed by atoms with Crippen molar-refractivity contribution in [2.24, 2.45) is 7.05 Å². The van der Waals surface area contributed by atoms with Gasteiger partial charge in [0.2, 0.25) is 0 Å². The molecule has 0 saturated carbocycles. The van der Waals surface area contributed by atoms with Crippen molar-refractivity contribution in [1.29, 1.82) is 0 Å². The molecular formula is C23H21N3O2S. The third-order valence-corrected chi connectivity index (χ3v) is 6.69. The van der Waals surface area contributed by atoms with E-state index in [1.165, 1.54) is 23.1 Å². The van der Waals surface area contributed by atoms with Crippen LogP contribution in [0.3, 0.4) is 0 Å². The van der Waals surface area contributed by atoms with E-state index in [4.69, 9.17) is 4.42 Å². The standard InChI is InChI=1S/C23H21N3O2S/c1-14-6-3-4-9-18(14)22-24-25-23(26(22)2)29-13-17-12-21(27)28-20-11-16-8-5-7-15(16)10-19(17)20/h3-4,6,9-12H,5,7-8,13H2,1-2H3. The van der Waals surface area contributed by atoms with E-state index in [9.17, 15) is 4.79 Å². The third kappa shape index (κ3) is 3.27. The van der Waals surface area contributed by atoms with E-state index in [0.717, 1.165) is 40.3 Å².